The third-order valence-electron chi connectivity index (χ3n) is 2.05. The number of benzene rings is 1. The van der Waals surface area contributed by atoms with Crippen molar-refractivity contribution in [3.8, 4) is 0 Å². The highest BCUT2D eigenvalue weighted by molar-refractivity contribution is 6.03. The minimum atomic E-state index is 0. The maximum atomic E-state index is 4.77. The highest BCUT2D eigenvalue weighted by Crippen LogP contribution is 2.21. The zero-order valence-electron chi connectivity index (χ0n) is 7.04. The van der Waals surface area contributed by atoms with E-state index >= 15 is 0 Å². The van der Waals surface area contributed by atoms with Gasteiger partial charge in [-0.2, -0.15) is 0 Å². The lowest BCUT2D eigenvalue weighted by Crippen LogP contribution is -1.82. The number of hydrogen-bond acceptors (Lipinski definition) is 4. The van der Waals surface area contributed by atoms with Gasteiger partial charge in [0.05, 0.1) is 10.9 Å². The van der Waals surface area contributed by atoms with Crippen LogP contribution in [0.1, 0.15) is 0 Å². The quantitative estimate of drug-likeness (QED) is 0.567. The summed E-state index contributed by atoms with van der Waals surface area (Å²) >= 11 is 0. The van der Waals surface area contributed by atoms with Crippen molar-refractivity contribution in [3.63, 3.8) is 0 Å². The molecule has 0 N–H and O–H groups in total. The molecule has 2 aromatic heterocycles. The van der Waals surface area contributed by atoms with Gasteiger partial charge < -0.3 is 4.52 Å². The lowest BCUT2D eigenvalue weighted by molar-refractivity contribution is 0.369. The predicted molar refractivity (Wildman–Crippen MR) is 54.4 cm³/mol. The Hall–Kier alpha value is -1.68. The fraction of sp³-hybridized carbons (Fsp3) is 0. The van der Waals surface area contributed by atoms with E-state index in [-0.39, 0.29) is 12.4 Å². The molecule has 4 nitrogen and oxygen atoms in total. The molecule has 0 bridgehead atoms. The molecule has 0 spiro atoms. The van der Waals surface area contributed by atoms with Crippen LogP contribution in [0.2, 0.25) is 0 Å². The molecule has 3 rings (SSSR count). The van der Waals surface area contributed by atoms with Gasteiger partial charge in [-0.15, -0.1) is 17.5 Å². The van der Waals surface area contributed by atoms with Crippen molar-refractivity contribution in [1.29, 1.82) is 0 Å². The average molecular weight is 208 g/mol. The first-order valence-electron chi connectivity index (χ1n) is 3.90. The van der Waals surface area contributed by atoms with Crippen LogP contribution >= 0.6 is 12.4 Å². The lowest BCUT2D eigenvalue weighted by Gasteiger charge is -1.93. The second-order valence-electron chi connectivity index (χ2n) is 2.79. The van der Waals surface area contributed by atoms with E-state index in [4.69, 9.17) is 4.52 Å². The monoisotopic (exact) mass is 207 g/mol. The van der Waals surface area contributed by atoms with E-state index in [1.807, 2.05) is 18.2 Å². The van der Waals surface area contributed by atoms with Crippen LogP contribution in [0.25, 0.3) is 21.8 Å². The second-order valence-corrected chi connectivity index (χ2v) is 2.79. The zero-order chi connectivity index (χ0) is 8.67. The van der Waals surface area contributed by atoms with Crippen molar-refractivity contribution >= 4 is 34.2 Å². The van der Waals surface area contributed by atoms with Crippen molar-refractivity contribution in [3.05, 3.63) is 30.7 Å². The Morgan fingerprint density at radius 1 is 1.14 bits per heavy atom. The smallest absolute Gasteiger partial charge is 0.135 e. The Bertz CT molecular complexity index is 578. The van der Waals surface area contributed by atoms with Crippen LogP contribution in [0.15, 0.2) is 35.2 Å². The summed E-state index contributed by atoms with van der Waals surface area (Å²) < 4.78 is 4.77. The van der Waals surface area contributed by atoms with Crippen LogP contribution in [0.5, 0.6) is 0 Å². The topological polar surface area (TPSA) is 51.8 Å². The fourth-order valence-electron chi connectivity index (χ4n) is 1.43. The van der Waals surface area contributed by atoms with Crippen molar-refractivity contribution in [2.24, 2.45) is 0 Å². The summed E-state index contributed by atoms with van der Waals surface area (Å²) in [5.74, 6) is 0. The maximum absolute atomic E-state index is 4.77. The van der Waals surface area contributed by atoms with E-state index in [1.54, 1.807) is 12.5 Å². The average Bonchev–Trinajstić information content (AvgIpc) is 2.65. The van der Waals surface area contributed by atoms with Gasteiger partial charge >= 0.3 is 0 Å². The molecule has 0 aliphatic carbocycles. The molecule has 0 aliphatic rings. The molecule has 1 aromatic carbocycles. The molecule has 0 amide bonds. The Morgan fingerprint density at radius 2 is 2.07 bits per heavy atom. The van der Waals surface area contributed by atoms with E-state index in [2.05, 4.69) is 15.4 Å². The van der Waals surface area contributed by atoms with E-state index < -0.39 is 0 Å². The summed E-state index contributed by atoms with van der Waals surface area (Å²) in [4.78, 5) is 4.22. The van der Waals surface area contributed by atoms with Crippen molar-refractivity contribution in [2.45, 2.75) is 0 Å². The number of fused-ring (bicyclic) bond motifs is 3. The molecule has 2 heterocycles. The Kier molecular flexibility index (Phi) is 2.05. The first-order chi connectivity index (χ1) is 6.45. The number of halogens is 1. The summed E-state index contributed by atoms with van der Waals surface area (Å²) in [5.41, 5.74) is 1.72. The Balaban J connectivity index is 0.000000750. The fourth-order valence-corrected chi connectivity index (χ4v) is 1.43. The largest absolute Gasteiger partial charge is 0.346 e. The van der Waals surface area contributed by atoms with E-state index in [1.165, 1.54) is 0 Å². The van der Waals surface area contributed by atoms with E-state index in [9.17, 15) is 0 Å². The first kappa shape index (κ1) is 8.90. The molecule has 0 atom stereocenters. The van der Waals surface area contributed by atoms with Gasteiger partial charge in [0.1, 0.15) is 11.8 Å². The van der Waals surface area contributed by atoms with Gasteiger partial charge in [-0.1, -0.05) is 6.07 Å². The number of hydrogen-bond donors (Lipinski definition) is 0. The maximum Gasteiger partial charge on any atom is 0.135 e. The van der Waals surface area contributed by atoms with Gasteiger partial charge in [0.2, 0.25) is 0 Å². The van der Waals surface area contributed by atoms with Crippen molar-refractivity contribution in [1.82, 2.24) is 15.4 Å². The van der Waals surface area contributed by atoms with Crippen LogP contribution < -0.4 is 0 Å². The summed E-state index contributed by atoms with van der Waals surface area (Å²) in [6.45, 7) is 0. The normalized spacial score (nSPS) is 10.3. The number of nitrogens with zero attached hydrogens (tertiary/aromatic N) is 3. The molecule has 0 saturated heterocycles. The highest BCUT2D eigenvalue weighted by atomic mass is 35.5. The third kappa shape index (κ3) is 1.12. The van der Waals surface area contributed by atoms with Gasteiger partial charge in [0.15, 0.2) is 0 Å². The molecule has 3 aromatic rings. The van der Waals surface area contributed by atoms with Gasteiger partial charge in [0.25, 0.3) is 0 Å². The molecule has 0 aliphatic heterocycles. The molecule has 70 valence electrons. The van der Waals surface area contributed by atoms with Crippen molar-refractivity contribution < 1.29 is 4.52 Å². The van der Waals surface area contributed by atoms with Crippen LogP contribution in [-0.2, 0) is 0 Å². The van der Waals surface area contributed by atoms with Gasteiger partial charge in [-0.3, -0.25) is 4.98 Å². The van der Waals surface area contributed by atoms with Gasteiger partial charge in [0, 0.05) is 16.9 Å². The second kappa shape index (κ2) is 3.23. The third-order valence-corrected chi connectivity index (χ3v) is 2.05. The van der Waals surface area contributed by atoms with E-state index in [0.717, 1.165) is 21.8 Å². The summed E-state index contributed by atoms with van der Waals surface area (Å²) in [7, 11) is 0. The van der Waals surface area contributed by atoms with Gasteiger partial charge in [-0.25, -0.2) is 0 Å². The predicted octanol–water partition coefficient (Wildman–Crippen LogP) is 2.19. The zero-order valence-corrected chi connectivity index (χ0v) is 7.86. The van der Waals surface area contributed by atoms with Gasteiger partial charge in [-0.05, 0) is 12.1 Å². The number of aromatic nitrogens is 3. The number of rotatable bonds is 0. The minimum Gasteiger partial charge on any atom is -0.346 e. The minimum absolute atomic E-state index is 0. The standard InChI is InChI=1S/C9H5N3O.ClH/c1-2-8-7(5-13-12-11-8)9-6(1)3-4-10-9;/h1-5H;1H. The summed E-state index contributed by atoms with van der Waals surface area (Å²) in [6.07, 6.45) is 3.34. The molecule has 0 unspecified atom stereocenters. The molecule has 0 saturated carbocycles. The van der Waals surface area contributed by atoms with Crippen LogP contribution in [0, 0.1) is 0 Å². The SMILES string of the molecule is Cl.c1cc2ccc3nnocc3c2n1. The first-order valence-corrected chi connectivity index (χ1v) is 3.90. The Labute approximate surface area is 85.3 Å². The molecule has 0 fully saturated rings. The van der Waals surface area contributed by atoms with E-state index in [0.29, 0.717) is 0 Å². The lowest BCUT2D eigenvalue weighted by atomic mass is 10.2. The summed E-state index contributed by atoms with van der Waals surface area (Å²) in [5, 5.41) is 9.30. The molecular formula is C9H6ClN3O. The van der Waals surface area contributed by atoms with Crippen LogP contribution in [0.4, 0.5) is 0 Å². The Morgan fingerprint density at radius 3 is 3.00 bits per heavy atom. The summed E-state index contributed by atoms with van der Waals surface area (Å²) in [6, 6.07) is 5.83. The van der Waals surface area contributed by atoms with Crippen molar-refractivity contribution in [2.75, 3.05) is 0 Å². The van der Waals surface area contributed by atoms with Crippen LogP contribution in [0.3, 0.4) is 0 Å². The molecule has 0 radical (unpaired) electrons. The van der Waals surface area contributed by atoms with Crippen LogP contribution in [-0.4, -0.2) is 15.4 Å². The molecular weight excluding hydrogens is 202 g/mol. The molecule has 14 heavy (non-hydrogen) atoms. The highest BCUT2D eigenvalue weighted by Gasteiger charge is 2.02. The molecule has 5 heteroatoms.